The SMILES string of the molecule is CN(C(=O)C(F)F)C1CCCCC1CN. The van der Waals surface area contributed by atoms with Crippen molar-refractivity contribution in [2.75, 3.05) is 13.6 Å². The Labute approximate surface area is 88.6 Å². The number of hydrogen-bond acceptors (Lipinski definition) is 2. The number of alkyl halides is 2. The van der Waals surface area contributed by atoms with Crippen LogP contribution in [-0.4, -0.2) is 36.9 Å². The van der Waals surface area contributed by atoms with Crippen molar-refractivity contribution in [3.63, 3.8) is 0 Å². The third kappa shape index (κ3) is 2.87. The zero-order valence-electron chi connectivity index (χ0n) is 8.96. The maximum absolute atomic E-state index is 12.2. The highest BCUT2D eigenvalue weighted by atomic mass is 19.3. The average Bonchev–Trinajstić information content (AvgIpc) is 2.26. The molecule has 2 N–H and O–H groups in total. The second kappa shape index (κ2) is 5.39. The van der Waals surface area contributed by atoms with Gasteiger partial charge in [-0.15, -0.1) is 0 Å². The van der Waals surface area contributed by atoms with E-state index in [1.165, 1.54) is 11.9 Å². The predicted molar refractivity (Wildman–Crippen MR) is 53.6 cm³/mol. The first-order valence-electron chi connectivity index (χ1n) is 5.32. The van der Waals surface area contributed by atoms with Gasteiger partial charge in [-0.2, -0.15) is 8.78 Å². The van der Waals surface area contributed by atoms with Gasteiger partial charge in [0.2, 0.25) is 0 Å². The molecule has 1 aliphatic carbocycles. The van der Waals surface area contributed by atoms with Crippen LogP contribution in [0.4, 0.5) is 8.78 Å². The molecule has 1 fully saturated rings. The smallest absolute Gasteiger partial charge is 0.315 e. The standard InChI is InChI=1S/C10H18F2N2O/c1-14(10(15)9(11)12)8-5-3-2-4-7(8)6-13/h7-9H,2-6,13H2,1H3. The van der Waals surface area contributed by atoms with Crippen LogP contribution in [0.3, 0.4) is 0 Å². The topological polar surface area (TPSA) is 46.3 Å². The summed E-state index contributed by atoms with van der Waals surface area (Å²) < 4.78 is 24.5. The molecule has 0 radical (unpaired) electrons. The van der Waals surface area contributed by atoms with E-state index in [0.717, 1.165) is 25.7 Å². The van der Waals surface area contributed by atoms with Gasteiger partial charge in [0, 0.05) is 13.1 Å². The van der Waals surface area contributed by atoms with Crippen molar-refractivity contribution in [2.45, 2.75) is 38.2 Å². The summed E-state index contributed by atoms with van der Waals surface area (Å²) in [4.78, 5) is 12.3. The van der Waals surface area contributed by atoms with E-state index in [1.54, 1.807) is 0 Å². The lowest BCUT2D eigenvalue weighted by Gasteiger charge is -2.37. The van der Waals surface area contributed by atoms with Crippen LogP contribution in [0.2, 0.25) is 0 Å². The molecule has 88 valence electrons. The van der Waals surface area contributed by atoms with Crippen LogP contribution in [0.15, 0.2) is 0 Å². The van der Waals surface area contributed by atoms with Crippen LogP contribution in [-0.2, 0) is 4.79 Å². The highest BCUT2D eigenvalue weighted by Gasteiger charge is 2.32. The van der Waals surface area contributed by atoms with E-state index in [-0.39, 0.29) is 12.0 Å². The summed E-state index contributed by atoms with van der Waals surface area (Å²) in [7, 11) is 1.45. The molecule has 0 spiro atoms. The lowest BCUT2D eigenvalue weighted by Crippen LogP contribution is -2.47. The minimum absolute atomic E-state index is 0.106. The van der Waals surface area contributed by atoms with Crippen molar-refractivity contribution in [3.8, 4) is 0 Å². The Morgan fingerprint density at radius 2 is 2.07 bits per heavy atom. The van der Waals surface area contributed by atoms with Crippen LogP contribution in [0.25, 0.3) is 0 Å². The largest absolute Gasteiger partial charge is 0.337 e. The fraction of sp³-hybridized carbons (Fsp3) is 0.900. The minimum atomic E-state index is -2.91. The molecule has 0 bridgehead atoms. The molecule has 5 heteroatoms. The maximum Gasteiger partial charge on any atom is 0.315 e. The molecule has 0 aromatic heterocycles. The van der Waals surface area contributed by atoms with Crippen LogP contribution in [0, 0.1) is 5.92 Å². The summed E-state index contributed by atoms with van der Waals surface area (Å²) in [6.07, 6.45) is 0.881. The molecule has 1 rings (SSSR count). The molecule has 2 atom stereocenters. The number of rotatable bonds is 3. The first-order chi connectivity index (χ1) is 7.07. The van der Waals surface area contributed by atoms with E-state index in [1.807, 2.05) is 0 Å². The molecule has 0 aliphatic heterocycles. The normalized spacial score (nSPS) is 26.7. The first kappa shape index (κ1) is 12.4. The monoisotopic (exact) mass is 220 g/mol. The number of carbonyl (C=O) groups is 1. The molecule has 0 aromatic carbocycles. The fourth-order valence-corrected chi connectivity index (χ4v) is 2.29. The van der Waals surface area contributed by atoms with Crippen LogP contribution in [0.5, 0.6) is 0 Å². The molecule has 15 heavy (non-hydrogen) atoms. The Morgan fingerprint density at radius 1 is 1.47 bits per heavy atom. The molecule has 0 heterocycles. The van der Waals surface area contributed by atoms with Gasteiger partial charge in [-0.1, -0.05) is 12.8 Å². The summed E-state index contributed by atoms with van der Waals surface area (Å²) in [6.45, 7) is 0.464. The number of amides is 1. The van der Waals surface area contributed by atoms with Gasteiger partial charge in [0.05, 0.1) is 0 Å². The predicted octanol–water partition coefficient (Wildman–Crippen LogP) is 1.23. The molecule has 1 amide bonds. The summed E-state index contributed by atoms with van der Waals surface area (Å²) in [5.74, 6) is -0.910. The number of nitrogens with two attached hydrogens (primary N) is 1. The third-order valence-electron chi connectivity index (χ3n) is 3.20. The van der Waals surface area contributed by atoms with E-state index >= 15 is 0 Å². The van der Waals surface area contributed by atoms with Crippen LogP contribution < -0.4 is 5.73 Å². The molecule has 0 saturated heterocycles. The summed E-state index contributed by atoms with van der Waals surface area (Å²) in [5, 5.41) is 0. The van der Waals surface area contributed by atoms with Gasteiger partial charge in [-0.25, -0.2) is 0 Å². The van der Waals surface area contributed by atoms with Gasteiger partial charge in [0.15, 0.2) is 0 Å². The summed E-state index contributed by atoms with van der Waals surface area (Å²) >= 11 is 0. The highest BCUT2D eigenvalue weighted by molar-refractivity contribution is 5.79. The Hall–Kier alpha value is -0.710. The summed E-state index contributed by atoms with van der Waals surface area (Å²) in [5.41, 5.74) is 5.58. The van der Waals surface area contributed by atoms with E-state index in [0.29, 0.717) is 6.54 Å². The van der Waals surface area contributed by atoms with Crippen molar-refractivity contribution >= 4 is 5.91 Å². The van der Waals surface area contributed by atoms with Gasteiger partial charge in [-0.3, -0.25) is 4.79 Å². The van der Waals surface area contributed by atoms with E-state index < -0.39 is 12.3 Å². The Balaban J connectivity index is 2.63. The Bertz CT molecular complexity index is 223. The average molecular weight is 220 g/mol. The maximum atomic E-state index is 12.2. The Kier molecular flexibility index (Phi) is 4.45. The molecule has 3 nitrogen and oxygen atoms in total. The van der Waals surface area contributed by atoms with Gasteiger partial charge >= 0.3 is 6.43 Å². The van der Waals surface area contributed by atoms with Crippen molar-refractivity contribution < 1.29 is 13.6 Å². The quantitative estimate of drug-likeness (QED) is 0.777. The van der Waals surface area contributed by atoms with E-state index in [4.69, 9.17) is 5.73 Å². The molecule has 0 aromatic rings. The second-order valence-corrected chi connectivity index (χ2v) is 4.10. The lowest BCUT2D eigenvalue weighted by molar-refractivity contribution is -0.145. The van der Waals surface area contributed by atoms with Gasteiger partial charge in [-0.05, 0) is 25.3 Å². The minimum Gasteiger partial charge on any atom is -0.337 e. The van der Waals surface area contributed by atoms with Gasteiger partial charge in [0.25, 0.3) is 5.91 Å². The molecule has 1 aliphatic rings. The van der Waals surface area contributed by atoms with E-state index in [9.17, 15) is 13.6 Å². The number of hydrogen-bond donors (Lipinski definition) is 1. The van der Waals surface area contributed by atoms with Crippen molar-refractivity contribution in [2.24, 2.45) is 11.7 Å². The first-order valence-corrected chi connectivity index (χ1v) is 5.32. The molecular weight excluding hydrogens is 202 g/mol. The van der Waals surface area contributed by atoms with Crippen LogP contribution in [0.1, 0.15) is 25.7 Å². The van der Waals surface area contributed by atoms with Gasteiger partial charge < -0.3 is 10.6 Å². The van der Waals surface area contributed by atoms with Crippen molar-refractivity contribution in [1.82, 2.24) is 4.90 Å². The van der Waals surface area contributed by atoms with E-state index in [2.05, 4.69) is 0 Å². The zero-order valence-corrected chi connectivity index (χ0v) is 8.96. The molecule has 1 saturated carbocycles. The Morgan fingerprint density at radius 3 is 2.60 bits per heavy atom. The van der Waals surface area contributed by atoms with Gasteiger partial charge in [0.1, 0.15) is 0 Å². The molecule has 2 unspecified atom stereocenters. The summed E-state index contributed by atoms with van der Waals surface area (Å²) in [6, 6.07) is -0.106. The third-order valence-corrected chi connectivity index (χ3v) is 3.20. The highest BCUT2D eigenvalue weighted by Crippen LogP contribution is 2.27. The van der Waals surface area contributed by atoms with Crippen LogP contribution >= 0.6 is 0 Å². The second-order valence-electron chi connectivity index (χ2n) is 4.10. The lowest BCUT2D eigenvalue weighted by atomic mass is 9.83. The molecular formula is C10H18F2N2O. The number of nitrogens with zero attached hydrogens (tertiary/aromatic N) is 1. The fourth-order valence-electron chi connectivity index (χ4n) is 2.29. The van der Waals surface area contributed by atoms with Crippen molar-refractivity contribution in [3.05, 3.63) is 0 Å². The zero-order chi connectivity index (χ0) is 11.4. The number of carbonyl (C=O) groups excluding carboxylic acids is 1. The number of halogens is 2. The van der Waals surface area contributed by atoms with Crippen molar-refractivity contribution in [1.29, 1.82) is 0 Å².